The Hall–Kier alpha value is -0.570. The summed E-state index contributed by atoms with van der Waals surface area (Å²) in [6.45, 7) is 2.18. The lowest BCUT2D eigenvalue weighted by molar-refractivity contribution is 0.394. The van der Waals surface area contributed by atoms with E-state index < -0.39 is 10.0 Å². The fourth-order valence-electron chi connectivity index (χ4n) is 2.25. The number of aryl methyl sites for hydroxylation is 1. The largest absolute Gasteiger partial charge is 0.314 e. The van der Waals surface area contributed by atoms with E-state index in [0.29, 0.717) is 22.8 Å². The maximum Gasteiger partial charge on any atom is 0.246 e. The van der Waals surface area contributed by atoms with Crippen molar-refractivity contribution >= 4 is 21.8 Å². The molecule has 2 N–H and O–H groups in total. The zero-order valence-corrected chi connectivity index (χ0v) is 13.1. The van der Waals surface area contributed by atoms with Crippen molar-refractivity contribution in [3.8, 4) is 0 Å². The third-order valence-corrected chi connectivity index (χ3v) is 6.62. The molecule has 6 nitrogen and oxygen atoms in total. The lowest BCUT2D eigenvalue weighted by Crippen LogP contribution is -2.37. The van der Waals surface area contributed by atoms with E-state index in [1.165, 1.54) is 4.31 Å². The van der Waals surface area contributed by atoms with E-state index in [9.17, 15) is 8.42 Å². The average molecular weight is 304 g/mol. The Labute approximate surface area is 118 Å². The van der Waals surface area contributed by atoms with Crippen LogP contribution in [0, 0.1) is 6.92 Å². The lowest BCUT2D eigenvalue weighted by Gasteiger charge is -2.23. The molecule has 1 saturated heterocycles. The number of thioether (sulfide) groups is 1. The maximum absolute atomic E-state index is 12.7. The molecule has 0 radical (unpaired) electrons. The first-order valence-electron chi connectivity index (χ1n) is 6.22. The second-order valence-corrected chi connectivity index (χ2v) is 7.78. The van der Waals surface area contributed by atoms with Gasteiger partial charge in [0.25, 0.3) is 0 Å². The Balaban J connectivity index is 2.35. The highest BCUT2D eigenvalue weighted by atomic mass is 32.2. The third-order valence-electron chi connectivity index (χ3n) is 3.36. The zero-order valence-electron chi connectivity index (χ0n) is 11.4. The van der Waals surface area contributed by atoms with Crippen LogP contribution in [0.1, 0.15) is 17.8 Å². The van der Waals surface area contributed by atoms with Crippen molar-refractivity contribution in [2.45, 2.75) is 30.8 Å². The van der Waals surface area contributed by atoms with Crippen molar-refractivity contribution in [1.29, 1.82) is 0 Å². The van der Waals surface area contributed by atoms with Gasteiger partial charge in [-0.15, -0.1) is 0 Å². The van der Waals surface area contributed by atoms with Gasteiger partial charge < -0.3 is 5.32 Å². The molecule has 19 heavy (non-hydrogen) atoms. The van der Waals surface area contributed by atoms with E-state index >= 15 is 0 Å². The van der Waals surface area contributed by atoms with Gasteiger partial charge in [-0.25, -0.2) is 8.42 Å². The van der Waals surface area contributed by atoms with E-state index in [2.05, 4.69) is 15.5 Å². The molecule has 1 aliphatic heterocycles. The Morgan fingerprint density at radius 1 is 1.58 bits per heavy atom. The van der Waals surface area contributed by atoms with Gasteiger partial charge >= 0.3 is 0 Å². The molecule has 2 rings (SSSR count). The molecular formula is C11H20N4O2S2. The predicted octanol–water partition coefficient (Wildman–Crippen LogP) is 0.564. The van der Waals surface area contributed by atoms with Gasteiger partial charge in [-0.3, -0.25) is 5.10 Å². The standard InChI is InChI=1S/C11H20N4O2S2/c1-8-11(10(6-12-2)14-13-8)19(16,17)15(3)9-4-5-18-7-9/h9,12H,4-7H2,1-3H3,(H,13,14). The first-order valence-corrected chi connectivity index (χ1v) is 8.82. The fourth-order valence-corrected chi connectivity index (χ4v) is 5.32. The Morgan fingerprint density at radius 2 is 2.32 bits per heavy atom. The van der Waals surface area contributed by atoms with Crippen LogP contribution in [0.4, 0.5) is 0 Å². The minimum Gasteiger partial charge on any atom is -0.314 e. The number of aromatic amines is 1. The van der Waals surface area contributed by atoms with Crippen LogP contribution in [0.5, 0.6) is 0 Å². The minimum atomic E-state index is -3.48. The van der Waals surface area contributed by atoms with Crippen LogP contribution in [0.15, 0.2) is 4.90 Å². The minimum absolute atomic E-state index is 0.0896. The van der Waals surface area contributed by atoms with Crippen molar-refractivity contribution in [2.24, 2.45) is 0 Å². The molecule has 0 bridgehead atoms. The van der Waals surface area contributed by atoms with E-state index in [0.717, 1.165) is 17.9 Å². The van der Waals surface area contributed by atoms with E-state index in [1.807, 2.05) is 0 Å². The van der Waals surface area contributed by atoms with Gasteiger partial charge in [0.2, 0.25) is 10.0 Å². The third kappa shape index (κ3) is 2.81. The molecule has 1 aromatic rings. The second-order valence-electron chi connectivity index (χ2n) is 4.69. The summed E-state index contributed by atoms with van der Waals surface area (Å²) < 4.78 is 27.0. The average Bonchev–Trinajstić information content (AvgIpc) is 2.98. The molecule has 2 heterocycles. The molecule has 0 aromatic carbocycles. The monoisotopic (exact) mass is 304 g/mol. The highest BCUT2D eigenvalue weighted by Crippen LogP contribution is 2.28. The fraction of sp³-hybridized carbons (Fsp3) is 0.727. The summed E-state index contributed by atoms with van der Waals surface area (Å²) in [6.07, 6.45) is 0.915. The molecule has 1 aromatic heterocycles. The molecular weight excluding hydrogens is 284 g/mol. The topological polar surface area (TPSA) is 78.1 Å². The van der Waals surface area contributed by atoms with E-state index in [-0.39, 0.29) is 6.04 Å². The number of aromatic nitrogens is 2. The zero-order chi connectivity index (χ0) is 14.0. The first kappa shape index (κ1) is 14.8. The smallest absolute Gasteiger partial charge is 0.246 e. The van der Waals surface area contributed by atoms with Crippen LogP contribution in [-0.4, -0.2) is 54.6 Å². The lowest BCUT2D eigenvalue weighted by atomic mass is 10.3. The van der Waals surface area contributed by atoms with Gasteiger partial charge in [0.1, 0.15) is 4.90 Å². The number of sulfonamides is 1. The van der Waals surface area contributed by atoms with Crippen LogP contribution in [0.25, 0.3) is 0 Å². The SMILES string of the molecule is CNCc1n[nH]c(C)c1S(=O)(=O)N(C)C1CCSC1. The van der Waals surface area contributed by atoms with Crippen molar-refractivity contribution in [1.82, 2.24) is 19.8 Å². The molecule has 8 heteroatoms. The van der Waals surface area contributed by atoms with Crippen LogP contribution in [-0.2, 0) is 16.6 Å². The number of nitrogens with zero attached hydrogens (tertiary/aromatic N) is 2. The van der Waals surface area contributed by atoms with Crippen LogP contribution in [0.3, 0.4) is 0 Å². The second kappa shape index (κ2) is 5.82. The van der Waals surface area contributed by atoms with Crippen molar-refractivity contribution < 1.29 is 8.42 Å². The van der Waals surface area contributed by atoms with Crippen molar-refractivity contribution in [3.63, 3.8) is 0 Å². The Morgan fingerprint density at radius 3 is 2.89 bits per heavy atom. The van der Waals surface area contributed by atoms with Gasteiger partial charge in [0.15, 0.2) is 0 Å². The van der Waals surface area contributed by atoms with Gasteiger partial charge in [-0.05, 0) is 26.1 Å². The summed E-state index contributed by atoms with van der Waals surface area (Å²) >= 11 is 1.80. The summed E-state index contributed by atoms with van der Waals surface area (Å²) in [7, 11) is -0.0327. The molecule has 0 saturated carbocycles. The highest BCUT2D eigenvalue weighted by molar-refractivity contribution is 7.99. The summed E-state index contributed by atoms with van der Waals surface area (Å²) in [5, 5.41) is 9.80. The van der Waals surface area contributed by atoms with Gasteiger partial charge in [0.05, 0.1) is 11.4 Å². The molecule has 0 amide bonds. The quantitative estimate of drug-likeness (QED) is 0.831. The van der Waals surface area contributed by atoms with Crippen molar-refractivity contribution in [2.75, 3.05) is 25.6 Å². The summed E-state index contributed by atoms with van der Waals surface area (Å²) in [6, 6.07) is 0.0896. The van der Waals surface area contributed by atoms with Gasteiger partial charge in [-0.2, -0.15) is 21.2 Å². The van der Waals surface area contributed by atoms with Gasteiger partial charge in [0, 0.05) is 25.4 Å². The van der Waals surface area contributed by atoms with Crippen molar-refractivity contribution in [3.05, 3.63) is 11.4 Å². The maximum atomic E-state index is 12.7. The van der Waals surface area contributed by atoms with Crippen LogP contribution in [0.2, 0.25) is 0 Å². The van der Waals surface area contributed by atoms with Crippen LogP contribution >= 0.6 is 11.8 Å². The number of nitrogens with one attached hydrogen (secondary N) is 2. The number of rotatable bonds is 5. The predicted molar refractivity (Wildman–Crippen MR) is 76.8 cm³/mol. The summed E-state index contributed by atoms with van der Waals surface area (Å²) in [5.74, 6) is 1.90. The molecule has 108 valence electrons. The molecule has 1 atom stereocenters. The summed E-state index contributed by atoms with van der Waals surface area (Å²) in [5.41, 5.74) is 1.15. The van der Waals surface area contributed by atoms with E-state index in [4.69, 9.17) is 0 Å². The molecule has 0 spiro atoms. The Bertz CT molecular complexity index is 535. The highest BCUT2D eigenvalue weighted by Gasteiger charge is 2.34. The van der Waals surface area contributed by atoms with E-state index in [1.54, 1.807) is 32.8 Å². The molecule has 1 fully saturated rings. The molecule has 0 aliphatic carbocycles. The molecule has 1 unspecified atom stereocenters. The van der Waals surface area contributed by atoms with Gasteiger partial charge in [-0.1, -0.05) is 0 Å². The number of hydrogen-bond donors (Lipinski definition) is 2. The number of H-pyrrole nitrogens is 1. The Kier molecular flexibility index (Phi) is 4.54. The number of hydrogen-bond acceptors (Lipinski definition) is 5. The molecule has 1 aliphatic rings. The first-order chi connectivity index (χ1) is 8.98. The normalized spacial score (nSPS) is 20.3. The summed E-state index contributed by atoms with van der Waals surface area (Å²) in [4.78, 5) is 0.321. The van der Waals surface area contributed by atoms with Crippen LogP contribution < -0.4 is 5.32 Å².